The number of fused-ring (bicyclic) bond motifs is 2. The number of alkyl halides is 3. The van der Waals surface area contributed by atoms with E-state index < -0.39 is 17.8 Å². The van der Waals surface area contributed by atoms with Crippen molar-refractivity contribution in [3.8, 4) is 10.4 Å². The van der Waals surface area contributed by atoms with Gasteiger partial charge in [-0.15, -0.1) is 22.7 Å². The summed E-state index contributed by atoms with van der Waals surface area (Å²) in [4.78, 5) is 29.8. The molecule has 1 fully saturated rings. The molecular weight excluding hydrogens is 533 g/mol. The molecule has 5 aromatic rings. The lowest BCUT2D eigenvalue weighted by atomic mass is 10.1. The van der Waals surface area contributed by atoms with Crippen LogP contribution >= 0.6 is 22.7 Å². The molecule has 2 N–H and O–H groups in total. The van der Waals surface area contributed by atoms with Crippen molar-refractivity contribution in [3.63, 3.8) is 0 Å². The number of nitrogens with zero attached hydrogens (tertiary/aromatic N) is 4. The average Bonchev–Trinajstić information content (AvgIpc) is 3.58. The summed E-state index contributed by atoms with van der Waals surface area (Å²) in [5.41, 5.74) is 3.70. The molecule has 6 rings (SSSR count). The van der Waals surface area contributed by atoms with Crippen molar-refractivity contribution < 1.29 is 18.0 Å². The number of benzene rings is 2. The zero-order valence-corrected chi connectivity index (χ0v) is 21.5. The Morgan fingerprint density at radius 1 is 1.11 bits per heavy atom. The monoisotopic (exact) mass is 554 g/mol. The Balaban J connectivity index is 1.17. The maximum Gasteiger partial charge on any atom is 0.416 e. The van der Waals surface area contributed by atoms with Crippen molar-refractivity contribution in [2.45, 2.75) is 18.8 Å². The largest absolute Gasteiger partial charge is 0.416 e. The van der Waals surface area contributed by atoms with Gasteiger partial charge in [-0.3, -0.25) is 4.79 Å². The number of thiophene rings is 1. The van der Waals surface area contributed by atoms with Gasteiger partial charge < -0.3 is 15.5 Å². The average molecular weight is 555 g/mol. The standard InChI is InChI=1S/C26H21F3N6OS2/c27-26(28,29)17-4-2-16(3-5-17)22-10-18-23(32-13-33-25(18)38-22)35-8-7-30-20(12-35)24(36)31-11-15-1-6-21-19(9-15)34-14-37-21/h1-6,9-10,13-14,20,30H,7-8,11-12H2,(H,31,36)/t20-/m0/s1. The second kappa shape index (κ2) is 9.93. The fourth-order valence-electron chi connectivity index (χ4n) is 4.50. The molecule has 1 saturated heterocycles. The number of hydrogen-bond donors (Lipinski definition) is 2. The SMILES string of the molecule is O=C(NCc1ccc2scnc2c1)[C@@H]1CN(c2ncnc3sc(-c4ccc(C(F)(F)F)cc4)cc23)CCN1. The molecule has 3 aromatic heterocycles. The zero-order valence-electron chi connectivity index (χ0n) is 19.8. The van der Waals surface area contributed by atoms with Gasteiger partial charge in [-0.2, -0.15) is 13.2 Å². The Morgan fingerprint density at radius 3 is 2.76 bits per heavy atom. The normalized spacial score (nSPS) is 16.3. The maximum atomic E-state index is 13.0. The predicted molar refractivity (Wildman–Crippen MR) is 143 cm³/mol. The Labute approximate surface area is 223 Å². The smallest absolute Gasteiger partial charge is 0.353 e. The summed E-state index contributed by atoms with van der Waals surface area (Å²) in [6.45, 7) is 2.09. The molecular formula is C26H21F3N6OS2. The van der Waals surface area contributed by atoms with Crippen molar-refractivity contribution in [1.82, 2.24) is 25.6 Å². The highest BCUT2D eigenvalue weighted by molar-refractivity contribution is 7.22. The van der Waals surface area contributed by atoms with Crippen LogP contribution in [-0.4, -0.2) is 46.5 Å². The van der Waals surface area contributed by atoms with E-state index in [0.717, 1.165) is 43.0 Å². The van der Waals surface area contributed by atoms with E-state index in [4.69, 9.17) is 0 Å². The number of hydrogen-bond acceptors (Lipinski definition) is 8. The Hall–Kier alpha value is -3.61. The van der Waals surface area contributed by atoms with Gasteiger partial charge in [0, 0.05) is 31.1 Å². The van der Waals surface area contributed by atoms with Crippen LogP contribution in [0.3, 0.4) is 0 Å². The maximum absolute atomic E-state index is 13.0. The molecule has 194 valence electrons. The van der Waals surface area contributed by atoms with Crippen LogP contribution in [0, 0.1) is 0 Å². The number of amides is 1. The van der Waals surface area contributed by atoms with E-state index in [2.05, 4.69) is 30.5 Å². The van der Waals surface area contributed by atoms with E-state index in [-0.39, 0.29) is 5.91 Å². The van der Waals surface area contributed by atoms with Crippen LogP contribution in [0.4, 0.5) is 19.0 Å². The van der Waals surface area contributed by atoms with Crippen molar-refractivity contribution in [1.29, 1.82) is 0 Å². The Kier molecular flexibility index (Phi) is 6.46. The third kappa shape index (κ3) is 4.94. The molecule has 7 nitrogen and oxygen atoms in total. The summed E-state index contributed by atoms with van der Waals surface area (Å²) in [7, 11) is 0. The van der Waals surface area contributed by atoms with Crippen molar-refractivity contribution >= 4 is 54.8 Å². The van der Waals surface area contributed by atoms with Gasteiger partial charge >= 0.3 is 6.18 Å². The third-order valence-corrected chi connectivity index (χ3v) is 8.36. The summed E-state index contributed by atoms with van der Waals surface area (Å²) in [6.07, 6.45) is -2.90. The zero-order chi connectivity index (χ0) is 26.3. The fourth-order valence-corrected chi connectivity index (χ4v) is 6.16. The molecule has 0 radical (unpaired) electrons. The van der Waals surface area contributed by atoms with Crippen molar-refractivity contribution in [3.05, 3.63) is 71.5 Å². The van der Waals surface area contributed by atoms with Gasteiger partial charge in [-0.1, -0.05) is 18.2 Å². The molecule has 0 bridgehead atoms. The minimum Gasteiger partial charge on any atom is -0.353 e. The molecule has 1 atom stereocenters. The lowest BCUT2D eigenvalue weighted by molar-refractivity contribution is -0.137. The minimum atomic E-state index is -4.38. The summed E-state index contributed by atoms with van der Waals surface area (Å²) < 4.78 is 40.0. The number of carbonyl (C=O) groups is 1. The first-order valence-electron chi connectivity index (χ1n) is 11.9. The molecule has 1 amide bonds. The predicted octanol–water partition coefficient (Wildman–Crippen LogP) is 5.08. The van der Waals surface area contributed by atoms with Crippen LogP contribution < -0.4 is 15.5 Å². The summed E-state index contributed by atoms with van der Waals surface area (Å²) >= 11 is 2.98. The van der Waals surface area contributed by atoms with Crippen LogP contribution in [0.1, 0.15) is 11.1 Å². The van der Waals surface area contributed by atoms with E-state index in [1.807, 2.05) is 24.3 Å². The number of carbonyl (C=O) groups excluding carboxylic acids is 1. The number of halogens is 3. The number of nitrogens with one attached hydrogen (secondary N) is 2. The van der Waals surface area contributed by atoms with E-state index >= 15 is 0 Å². The first-order valence-corrected chi connectivity index (χ1v) is 13.5. The lowest BCUT2D eigenvalue weighted by Gasteiger charge is -2.34. The number of rotatable bonds is 5. The summed E-state index contributed by atoms with van der Waals surface area (Å²) in [6, 6.07) is 12.6. The highest BCUT2D eigenvalue weighted by Crippen LogP contribution is 2.37. The quantitative estimate of drug-likeness (QED) is 0.315. The Morgan fingerprint density at radius 2 is 1.95 bits per heavy atom. The fraction of sp³-hybridized carbons (Fsp3) is 0.231. The van der Waals surface area contributed by atoms with Gasteiger partial charge in [0.25, 0.3) is 0 Å². The molecule has 0 aliphatic carbocycles. The number of thiazole rings is 1. The van der Waals surface area contributed by atoms with Crippen LogP contribution in [0.2, 0.25) is 0 Å². The van der Waals surface area contributed by atoms with Gasteiger partial charge in [0.15, 0.2) is 0 Å². The van der Waals surface area contributed by atoms with Gasteiger partial charge in [-0.05, 0) is 41.5 Å². The van der Waals surface area contributed by atoms with Crippen molar-refractivity contribution in [2.75, 3.05) is 24.5 Å². The van der Waals surface area contributed by atoms with Crippen molar-refractivity contribution in [2.24, 2.45) is 0 Å². The topological polar surface area (TPSA) is 83.0 Å². The molecule has 1 aliphatic rings. The van der Waals surface area contributed by atoms with Crippen LogP contribution in [-0.2, 0) is 17.5 Å². The second-order valence-corrected chi connectivity index (χ2v) is 10.8. The van der Waals surface area contributed by atoms with Crippen LogP contribution in [0.5, 0.6) is 0 Å². The van der Waals surface area contributed by atoms with Gasteiger partial charge in [-0.25, -0.2) is 15.0 Å². The minimum absolute atomic E-state index is 0.103. The van der Waals surface area contributed by atoms with Gasteiger partial charge in [0.2, 0.25) is 5.91 Å². The molecule has 2 aromatic carbocycles. The molecule has 4 heterocycles. The lowest BCUT2D eigenvalue weighted by Crippen LogP contribution is -2.57. The van der Waals surface area contributed by atoms with E-state index in [1.165, 1.54) is 29.8 Å². The molecule has 1 aliphatic heterocycles. The first-order chi connectivity index (χ1) is 18.3. The highest BCUT2D eigenvalue weighted by Gasteiger charge is 2.30. The second-order valence-electron chi connectivity index (χ2n) is 8.93. The summed E-state index contributed by atoms with van der Waals surface area (Å²) in [5, 5.41) is 7.10. The first kappa shape index (κ1) is 24.7. The number of anilines is 1. The third-order valence-electron chi connectivity index (χ3n) is 6.46. The molecule has 0 spiro atoms. The van der Waals surface area contributed by atoms with E-state index in [0.29, 0.717) is 37.6 Å². The van der Waals surface area contributed by atoms with Crippen LogP contribution in [0.25, 0.3) is 30.9 Å². The Bertz CT molecular complexity index is 1620. The highest BCUT2D eigenvalue weighted by atomic mass is 32.1. The molecule has 0 saturated carbocycles. The van der Waals surface area contributed by atoms with Crippen LogP contribution in [0.15, 0.2) is 60.4 Å². The molecule has 0 unspecified atom stereocenters. The van der Waals surface area contributed by atoms with E-state index in [1.54, 1.807) is 16.8 Å². The number of piperazine rings is 1. The van der Waals surface area contributed by atoms with Gasteiger partial charge in [0.1, 0.15) is 23.0 Å². The molecule has 12 heteroatoms. The van der Waals surface area contributed by atoms with E-state index in [9.17, 15) is 18.0 Å². The van der Waals surface area contributed by atoms with Gasteiger partial charge in [0.05, 0.1) is 26.7 Å². The summed E-state index contributed by atoms with van der Waals surface area (Å²) in [5.74, 6) is 0.604. The molecule has 38 heavy (non-hydrogen) atoms. The number of aromatic nitrogens is 3.